The normalized spacial score (nSPS) is 16.1. The zero-order valence-corrected chi connectivity index (χ0v) is 13.0. The molecule has 22 heavy (non-hydrogen) atoms. The van der Waals surface area contributed by atoms with Crippen molar-refractivity contribution in [2.75, 3.05) is 13.1 Å². The average molecular weight is 298 g/mol. The molecule has 0 radical (unpaired) electrons. The number of benzene rings is 1. The fourth-order valence-electron chi connectivity index (χ4n) is 3.03. The minimum atomic E-state index is 0.0551. The molecule has 0 saturated carbocycles. The van der Waals surface area contributed by atoms with Crippen molar-refractivity contribution < 1.29 is 9.32 Å². The molecule has 1 aromatic heterocycles. The Balaban J connectivity index is 1.90. The second kappa shape index (κ2) is 6.77. The van der Waals surface area contributed by atoms with Gasteiger partial charge in [0.2, 0.25) is 0 Å². The second-order valence-corrected chi connectivity index (χ2v) is 5.89. The van der Waals surface area contributed by atoms with Gasteiger partial charge < -0.3 is 9.42 Å². The molecule has 0 bridgehead atoms. The Morgan fingerprint density at radius 1 is 1.05 bits per heavy atom. The Kier molecular flexibility index (Phi) is 4.56. The smallest absolute Gasteiger partial charge is 0.259 e. The third-order valence-electron chi connectivity index (χ3n) is 4.27. The van der Waals surface area contributed by atoms with Crippen molar-refractivity contribution in [1.29, 1.82) is 0 Å². The van der Waals surface area contributed by atoms with Crippen LogP contribution < -0.4 is 0 Å². The number of rotatable bonds is 2. The number of hydrogen-bond donors (Lipinski definition) is 0. The molecular formula is C18H22N2O2. The number of carbonyl (C=O) groups excluding carboxylic acids is 1. The van der Waals surface area contributed by atoms with Crippen LogP contribution >= 0.6 is 0 Å². The van der Waals surface area contributed by atoms with Gasteiger partial charge in [0.05, 0.1) is 0 Å². The molecule has 1 saturated heterocycles. The fraction of sp³-hybridized carbons (Fsp3) is 0.444. The summed E-state index contributed by atoms with van der Waals surface area (Å²) in [6.45, 7) is 3.48. The van der Waals surface area contributed by atoms with Crippen LogP contribution in [0.5, 0.6) is 0 Å². The predicted octanol–water partition coefficient (Wildman–Crippen LogP) is 4.06. The van der Waals surface area contributed by atoms with Gasteiger partial charge in [0.25, 0.3) is 5.91 Å². The quantitative estimate of drug-likeness (QED) is 0.840. The van der Waals surface area contributed by atoms with Crippen LogP contribution in [0.4, 0.5) is 0 Å². The maximum absolute atomic E-state index is 13.0. The lowest BCUT2D eigenvalue weighted by Gasteiger charge is -2.24. The molecule has 1 aromatic carbocycles. The van der Waals surface area contributed by atoms with E-state index in [-0.39, 0.29) is 5.91 Å². The Morgan fingerprint density at radius 3 is 2.36 bits per heavy atom. The van der Waals surface area contributed by atoms with E-state index in [1.54, 1.807) is 0 Å². The largest absolute Gasteiger partial charge is 0.360 e. The zero-order chi connectivity index (χ0) is 15.4. The monoisotopic (exact) mass is 298 g/mol. The predicted molar refractivity (Wildman–Crippen MR) is 85.7 cm³/mol. The van der Waals surface area contributed by atoms with Gasteiger partial charge in [0, 0.05) is 18.7 Å². The molecule has 1 aliphatic heterocycles. The van der Waals surface area contributed by atoms with Crippen molar-refractivity contribution in [3.8, 4) is 11.3 Å². The Hall–Kier alpha value is -2.10. The molecule has 1 aliphatic rings. The first kappa shape index (κ1) is 14.8. The maximum Gasteiger partial charge on any atom is 0.259 e. The summed E-state index contributed by atoms with van der Waals surface area (Å²) in [4.78, 5) is 14.9. The standard InChI is InChI=1S/C18H22N2O2/c1-14-16(17(19-22-14)15-10-6-5-7-11-15)18(21)20-12-8-3-2-4-9-13-20/h5-7,10-11H,2-4,8-9,12-13H2,1H3. The van der Waals surface area contributed by atoms with Gasteiger partial charge in [-0.05, 0) is 19.8 Å². The number of carbonyl (C=O) groups is 1. The average Bonchev–Trinajstić information content (AvgIpc) is 2.89. The number of nitrogens with zero attached hydrogens (tertiary/aromatic N) is 2. The van der Waals surface area contributed by atoms with Crippen LogP contribution in [0.2, 0.25) is 0 Å². The molecule has 0 aliphatic carbocycles. The van der Waals surface area contributed by atoms with Gasteiger partial charge in [-0.2, -0.15) is 0 Å². The summed E-state index contributed by atoms with van der Waals surface area (Å²) >= 11 is 0. The molecule has 2 heterocycles. The van der Waals surface area contributed by atoms with Crippen LogP contribution in [-0.2, 0) is 0 Å². The summed E-state index contributed by atoms with van der Waals surface area (Å²) < 4.78 is 5.32. The molecule has 2 aromatic rings. The third-order valence-corrected chi connectivity index (χ3v) is 4.27. The van der Waals surface area contributed by atoms with E-state index in [0.29, 0.717) is 17.0 Å². The minimum Gasteiger partial charge on any atom is -0.360 e. The van der Waals surface area contributed by atoms with E-state index in [4.69, 9.17) is 4.52 Å². The van der Waals surface area contributed by atoms with Crippen molar-refractivity contribution in [3.05, 3.63) is 41.7 Å². The Labute approximate surface area is 131 Å². The molecule has 0 N–H and O–H groups in total. The summed E-state index contributed by atoms with van der Waals surface area (Å²) in [5.74, 6) is 0.658. The molecule has 1 amide bonds. The van der Waals surface area contributed by atoms with Crippen molar-refractivity contribution >= 4 is 5.91 Å². The lowest BCUT2D eigenvalue weighted by Crippen LogP contribution is -2.34. The second-order valence-electron chi connectivity index (χ2n) is 5.89. The highest BCUT2D eigenvalue weighted by molar-refractivity contribution is 6.00. The lowest BCUT2D eigenvalue weighted by atomic mass is 10.0. The van der Waals surface area contributed by atoms with Gasteiger partial charge in [-0.15, -0.1) is 0 Å². The number of hydrogen-bond acceptors (Lipinski definition) is 3. The molecule has 4 nitrogen and oxygen atoms in total. The highest BCUT2D eigenvalue weighted by Crippen LogP contribution is 2.27. The highest BCUT2D eigenvalue weighted by atomic mass is 16.5. The van der Waals surface area contributed by atoms with Gasteiger partial charge in [-0.25, -0.2) is 0 Å². The van der Waals surface area contributed by atoms with Crippen molar-refractivity contribution in [3.63, 3.8) is 0 Å². The summed E-state index contributed by atoms with van der Waals surface area (Å²) in [5.41, 5.74) is 2.20. The van der Waals surface area contributed by atoms with E-state index in [0.717, 1.165) is 31.5 Å². The maximum atomic E-state index is 13.0. The molecule has 3 rings (SSSR count). The van der Waals surface area contributed by atoms with Crippen LogP contribution in [0.1, 0.15) is 48.2 Å². The first-order chi connectivity index (χ1) is 10.8. The molecule has 4 heteroatoms. The molecule has 0 atom stereocenters. The molecule has 1 fully saturated rings. The number of likely N-dealkylation sites (tertiary alicyclic amines) is 1. The van der Waals surface area contributed by atoms with Crippen LogP contribution in [0.25, 0.3) is 11.3 Å². The molecular weight excluding hydrogens is 276 g/mol. The Morgan fingerprint density at radius 2 is 1.68 bits per heavy atom. The van der Waals surface area contributed by atoms with E-state index >= 15 is 0 Å². The highest BCUT2D eigenvalue weighted by Gasteiger charge is 2.26. The van der Waals surface area contributed by atoms with Crippen molar-refractivity contribution in [2.45, 2.75) is 39.0 Å². The van der Waals surface area contributed by atoms with Crippen LogP contribution in [0, 0.1) is 6.92 Å². The van der Waals surface area contributed by atoms with Gasteiger partial charge in [0.1, 0.15) is 17.0 Å². The SMILES string of the molecule is Cc1onc(-c2ccccc2)c1C(=O)N1CCCCCCC1. The molecule has 0 spiro atoms. The third kappa shape index (κ3) is 3.06. The van der Waals surface area contributed by atoms with Gasteiger partial charge in [0.15, 0.2) is 0 Å². The topological polar surface area (TPSA) is 46.3 Å². The van der Waals surface area contributed by atoms with Crippen LogP contribution in [-0.4, -0.2) is 29.1 Å². The zero-order valence-electron chi connectivity index (χ0n) is 13.0. The first-order valence-corrected chi connectivity index (χ1v) is 8.08. The summed E-state index contributed by atoms with van der Waals surface area (Å²) in [6.07, 6.45) is 5.85. The number of aryl methyl sites for hydroxylation is 1. The van der Waals surface area contributed by atoms with Gasteiger partial charge >= 0.3 is 0 Å². The molecule has 0 unspecified atom stereocenters. The first-order valence-electron chi connectivity index (χ1n) is 8.08. The number of aromatic nitrogens is 1. The van der Waals surface area contributed by atoms with Gasteiger partial charge in [-0.1, -0.05) is 54.8 Å². The fourth-order valence-corrected chi connectivity index (χ4v) is 3.03. The number of amides is 1. The van der Waals surface area contributed by atoms with Crippen LogP contribution in [0.15, 0.2) is 34.9 Å². The lowest BCUT2D eigenvalue weighted by molar-refractivity contribution is 0.0741. The van der Waals surface area contributed by atoms with Crippen molar-refractivity contribution in [1.82, 2.24) is 10.1 Å². The van der Waals surface area contributed by atoms with Crippen molar-refractivity contribution in [2.24, 2.45) is 0 Å². The molecule has 116 valence electrons. The van der Waals surface area contributed by atoms with Crippen LogP contribution in [0.3, 0.4) is 0 Å². The van der Waals surface area contributed by atoms with E-state index in [9.17, 15) is 4.79 Å². The van der Waals surface area contributed by atoms with E-state index in [1.807, 2.05) is 42.2 Å². The van der Waals surface area contributed by atoms with E-state index in [1.165, 1.54) is 19.3 Å². The van der Waals surface area contributed by atoms with E-state index < -0.39 is 0 Å². The van der Waals surface area contributed by atoms with E-state index in [2.05, 4.69) is 5.16 Å². The van der Waals surface area contributed by atoms with Gasteiger partial charge in [-0.3, -0.25) is 4.79 Å². The summed E-state index contributed by atoms with van der Waals surface area (Å²) in [5, 5.41) is 4.12. The minimum absolute atomic E-state index is 0.0551. The summed E-state index contributed by atoms with van der Waals surface area (Å²) in [7, 11) is 0. The summed E-state index contributed by atoms with van der Waals surface area (Å²) in [6, 6.07) is 9.77. The Bertz CT molecular complexity index is 626.